The highest BCUT2D eigenvalue weighted by molar-refractivity contribution is 5.15. The molecular formula is C6H11ClN+. The molecule has 0 unspecified atom stereocenters. The third-order valence-corrected chi connectivity index (χ3v) is 1.47. The third-order valence-electron chi connectivity index (χ3n) is 0.942. The van der Waals surface area contributed by atoms with E-state index >= 15 is 0 Å². The molecule has 0 rings (SSSR count). The summed E-state index contributed by atoms with van der Waals surface area (Å²) in [4.78, 5) is 0. The highest BCUT2D eigenvalue weighted by Crippen LogP contribution is 2.07. The van der Waals surface area contributed by atoms with Gasteiger partial charge in [0.05, 0.1) is 0 Å². The molecule has 2 N–H and O–H groups in total. The van der Waals surface area contributed by atoms with Crippen LogP contribution >= 0.6 is 0 Å². The molecular weight excluding hydrogens is 122 g/mol. The van der Waals surface area contributed by atoms with Gasteiger partial charge in [0, 0.05) is 5.57 Å². The fourth-order valence-corrected chi connectivity index (χ4v) is 0.557. The van der Waals surface area contributed by atoms with Crippen molar-refractivity contribution in [3.05, 3.63) is 23.8 Å². The zero-order chi connectivity index (χ0) is 6.57. The molecule has 46 valence electrons. The van der Waals surface area contributed by atoms with Crippen LogP contribution in [0, 0.1) is 11.0 Å². The number of rotatable bonds is 3. The first-order chi connectivity index (χ1) is 3.72. The molecule has 0 aromatic rings. The van der Waals surface area contributed by atoms with Crippen molar-refractivity contribution in [1.29, 1.82) is 0 Å². The second kappa shape index (κ2) is 3.70. The van der Waals surface area contributed by atoms with E-state index < -0.39 is 0 Å². The Kier molecular flexibility index (Phi) is 3.57. The monoisotopic (exact) mass is 132 g/mol. The highest BCUT2D eigenvalue weighted by atomic mass is 35.5. The summed E-state index contributed by atoms with van der Waals surface area (Å²) in [5, 5.41) is 5.98. The fourth-order valence-electron chi connectivity index (χ4n) is 0.269. The lowest BCUT2D eigenvalue weighted by molar-refractivity contribution is -0.615. The van der Waals surface area contributed by atoms with Crippen molar-refractivity contribution in [3.63, 3.8) is 0 Å². The van der Waals surface area contributed by atoms with Gasteiger partial charge in [-0.2, -0.15) is 0 Å². The van der Waals surface area contributed by atoms with E-state index in [9.17, 15) is 0 Å². The van der Waals surface area contributed by atoms with Crippen molar-refractivity contribution in [2.45, 2.75) is 13.3 Å². The van der Waals surface area contributed by atoms with Gasteiger partial charge < -0.3 is 0 Å². The summed E-state index contributed by atoms with van der Waals surface area (Å²) in [6.07, 6.45) is 0.920. The molecule has 1 nitrogen and oxygen atoms in total. The van der Waals surface area contributed by atoms with Crippen LogP contribution in [0.3, 0.4) is 0 Å². The Bertz CT molecular complexity index is 93.1. The summed E-state index contributed by atoms with van der Waals surface area (Å²) >= 11 is 0. The van der Waals surface area contributed by atoms with Gasteiger partial charge in [-0.05, 0) is 13.0 Å². The average Bonchev–Trinajstić information content (AvgIpc) is 1.84. The van der Waals surface area contributed by atoms with Gasteiger partial charge in [0.2, 0.25) is 0 Å². The van der Waals surface area contributed by atoms with Crippen LogP contribution in [-0.2, 0) is 0 Å². The summed E-state index contributed by atoms with van der Waals surface area (Å²) in [7, 11) is 1.58. The molecule has 0 aliphatic heterocycles. The molecule has 0 amide bonds. The van der Waals surface area contributed by atoms with E-state index in [4.69, 9.17) is 5.25 Å². The van der Waals surface area contributed by atoms with Gasteiger partial charge in [0.25, 0.3) is 16.0 Å². The summed E-state index contributed by atoms with van der Waals surface area (Å²) in [5.41, 5.74) is 1.00. The number of halogens is 1. The van der Waals surface area contributed by atoms with Crippen LogP contribution < -0.4 is 5.25 Å². The Morgan fingerprint density at radius 1 is 1.62 bits per heavy atom. The first-order valence-corrected chi connectivity index (χ1v) is 3.24. The van der Waals surface area contributed by atoms with Crippen LogP contribution in [0.25, 0.3) is 0 Å². The number of hydrogen-bond donors (Lipinski definition) is 1. The first-order valence-electron chi connectivity index (χ1n) is 2.42. The van der Waals surface area contributed by atoms with Crippen molar-refractivity contribution in [3.8, 4) is 0 Å². The second-order valence-electron chi connectivity index (χ2n) is 1.47. The molecule has 0 aromatic heterocycles. The van der Waals surface area contributed by atoms with Crippen molar-refractivity contribution >= 4 is 0 Å². The Morgan fingerprint density at radius 2 is 2.12 bits per heavy atom. The summed E-state index contributed by atoms with van der Waals surface area (Å²) in [6, 6.07) is 0. The minimum atomic E-state index is 0.826. The second-order valence-corrected chi connectivity index (χ2v) is 2.15. The molecule has 0 radical (unpaired) electrons. The number of hydrogen-bond acceptors (Lipinski definition) is 1. The SMILES string of the molecule is C=C(CC)C(=C)[Cl+]N. The van der Waals surface area contributed by atoms with Crippen molar-refractivity contribution < 1.29 is 11.0 Å². The van der Waals surface area contributed by atoms with E-state index in [-0.39, 0.29) is 0 Å². The quantitative estimate of drug-likeness (QED) is 0.456. The van der Waals surface area contributed by atoms with E-state index in [1.165, 1.54) is 0 Å². The molecule has 0 fully saturated rings. The predicted octanol–water partition coefficient (Wildman–Crippen LogP) is 1.43. The van der Waals surface area contributed by atoms with E-state index in [1.54, 1.807) is 11.0 Å². The van der Waals surface area contributed by atoms with Gasteiger partial charge in [-0.1, -0.05) is 18.8 Å². The summed E-state index contributed by atoms with van der Waals surface area (Å²) in [5.74, 6) is 0. The molecule has 2 heteroatoms. The topological polar surface area (TPSA) is 26.0 Å². The molecule has 0 atom stereocenters. The Hall–Kier alpha value is -0.270. The zero-order valence-corrected chi connectivity index (χ0v) is 5.83. The highest BCUT2D eigenvalue weighted by Gasteiger charge is 2.07. The molecule has 0 saturated heterocycles. The van der Waals surface area contributed by atoms with E-state index in [2.05, 4.69) is 13.2 Å². The minimum Gasteiger partial charge on any atom is -0.0900 e. The van der Waals surface area contributed by atoms with E-state index in [1.807, 2.05) is 6.92 Å². The summed E-state index contributed by atoms with van der Waals surface area (Å²) in [6.45, 7) is 9.41. The first kappa shape index (κ1) is 7.73. The molecule has 0 spiro atoms. The average molecular weight is 133 g/mol. The maximum atomic E-state index is 5.15. The van der Waals surface area contributed by atoms with Gasteiger partial charge in [-0.25, -0.2) is 0 Å². The van der Waals surface area contributed by atoms with Crippen molar-refractivity contribution in [2.75, 3.05) is 0 Å². The van der Waals surface area contributed by atoms with Gasteiger partial charge in [-0.15, -0.1) is 0 Å². The van der Waals surface area contributed by atoms with Gasteiger partial charge in [0.1, 0.15) is 0 Å². The minimum absolute atomic E-state index is 0.826. The number of allylic oxidation sites excluding steroid dienone is 2. The van der Waals surface area contributed by atoms with Gasteiger partial charge in [-0.3, -0.25) is 0 Å². The Morgan fingerprint density at radius 3 is 2.25 bits per heavy atom. The molecule has 0 saturated carbocycles. The van der Waals surface area contributed by atoms with Crippen LogP contribution in [0.4, 0.5) is 0 Å². The van der Waals surface area contributed by atoms with Crippen LogP contribution in [0.5, 0.6) is 0 Å². The lowest BCUT2D eigenvalue weighted by atomic mass is 10.2. The van der Waals surface area contributed by atoms with Crippen molar-refractivity contribution in [2.24, 2.45) is 5.25 Å². The molecule has 0 aliphatic rings. The van der Waals surface area contributed by atoms with Crippen LogP contribution in [-0.4, -0.2) is 0 Å². The normalized spacial score (nSPS) is 8.75. The molecule has 0 aliphatic carbocycles. The van der Waals surface area contributed by atoms with Crippen LogP contribution in [0.15, 0.2) is 23.8 Å². The van der Waals surface area contributed by atoms with Crippen LogP contribution in [0.1, 0.15) is 13.3 Å². The Balaban J connectivity index is 3.64. The Labute approximate surface area is 54.1 Å². The number of nitrogens with two attached hydrogens (primary N) is 1. The molecule has 0 heterocycles. The largest absolute Gasteiger partial charge is 0.282 e. The molecule has 0 aromatic carbocycles. The lowest BCUT2D eigenvalue weighted by Crippen LogP contribution is -1.96. The van der Waals surface area contributed by atoms with Crippen LogP contribution in [0.2, 0.25) is 0 Å². The van der Waals surface area contributed by atoms with Gasteiger partial charge in [0.15, 0.2) is 0 Å². The standard InChI is InChI=1S/C6H11ClN/c1-4-5(2)6(3)7-8/h2-4,8H2,1H3/q+1. The maximum absolute atomic E-state index is 5.15. The lowest BCUT2D eigenvalue weighted by Gasteiger charge is -1.87. The molecule has 8 heavy (non-hydrogen) atoms. The summed E-state index contributed by atoms with van der Waals surface area (Å²) < 4.78 is 0. The van der Waals surface area contributed by atoms with E-state index in [0.717, 1.165) is 17.0 Å². The zero-order valence-electron chi connectivity index (χ0n) is 5.08. The predicted molar refractivity (Wildman–Crippen MR) is 32.8 cm³/mol. The van der Waals surface area contributed by atoms with Gasteiger partial charge >= 0.3 is 0 Å². The maximum Gasteiger partial charge on any atom is 0.282 e. The smallest absolute Gasteiger partial charge is 0.0900 e. The van der Waals surface area contributed by atoms with Crippen molar-refractivity contribution in [1.82, 2.24) is 0 Å². The van der Waals surface area contributed by atoms with E-state index in [0.29, 0.717) is 0 Å². The third kappa shape index (κ3) is 2.15. The fraction of sp³-hybridized carbons (Fsp3) is 0.333. The molecule has 0 bridgehead atoms.